The summed E-state index contributed by atoms with van der Waals surface area (Å²) in [5.41, 5.74) is 6.49. The van der Waals surface area contributed by atoms with Crippen LogP contribution in [0.2, 0.25) is 0 Å². The van der Waals surface area contributed by atoms with Gasteiger partial charge in [-0.15, -0.1) is 0 Å². The number of hydrogen-bond acceptors (Lipinski definition) is 4. The minimum Gasteiger partial charge on any atom is -0.320 e. The van der Waals surface area contributed by atoms with Gasteiger partial charge in [0, 0.05) is 6.07 Å². The zero-order valence-corrected chi connectivity index (χ0v) is 10.6. The van der Waals surface area contributed by atoms with Crippen molar-refractivity contribution >= 4 is 17.3 Å². The second-order valence-corrected chi connectivity index (χ2v) is 4.54. The van der Waals surface area contributed by atoms with Crippen LogP contribution in [0.4, 0.5) is 11.4 Å². The summed E-state index contributed by atoms with van der Waals surface area (Å²) in [6.45, 7) is 5.38. The van der Waals surface area contributed by atoms with Gasteiger partial charge in [-0.05, 0) is 24.5 Å². The SMILES string of the molecule is Cc1ccc(NC(=O)[C@H](N)C(C)C)c([N+](=O)[O-])c1. The van der Waals surface area contributed by atoms with E-state index in [2.05, 4.69) is 5.32 Å². The largest absolute Gasteiger partial charge is 0.320 e. The molecular formula is C12H17N3O3. The standard InChI is InChI=1S/C12H17N3O3/c1-7(2)11(13)12(16)14-9-5-4-8(3)6-10(9)15(17)18/h4-7,11H,13H2,1-3H3,(H,14,16)/t11-/m1/s1. The van der Waals surface area contributed by atoms with Crippen molar-refractivity contribution in [3.8, 4) is 0 Å². The van der Waals surface area contributed by atoms with E-state index in [1.165, 1.54) is 12.1 Å². The summed E-state index contributed by atoms with van der Waals surface area (Å²) in [4.78, 5) is 22.1. The Morgan fingerprint density at radius 3 is 2.56 bits per heavy atom. The fraction of sp³-hybridized carbons (Fsp3) is 0.417. The number of nitrogens with zero attached hydrogens (tertiary/aromatic N) is 1. The molecule has 0 aliphatic rings. The number of nitro groups is 1. The third-order valence-electron chi connectivity index (χ3n) is 2.63. The second kappa shape index (κ2) is 5.59. The van der Waals surface area contributed by atoms with Crippen molar-refractivity contribution in [1.29, 1.82) is 0 Å². The predicted molar refractivity (Wildman–Crippen MR) is 69.3 cm³/mol. The Bertz CT molecular complexity index is 472. The minimum absolute atomic E-state index is 0.0329. The summed E-state index contributed by atoms with van der Waals surface area (Å²) in [6, 6.07) is 3.93. The van der Waals surface area contributed by atoms with E-state index >= 15 is 0 Å². The Labute approximate surface area is 105 Å². The number of carbonyl (C=O) groups is 1. The summed E-state index contributed by atoms with van der Waals surface area (Å²) >= 11 is 0. The van der Waals surface area contributed by atoms with Gasteiger partial charge in [0.1, 0.15) is 5.69 Å². The van der Waals surface area contributed by atoms with Gasteiger partial charge in [0.15, 0.2) is 0 Å². The van der Waals surface area contributed by atoms with Crippen molar-refractivity contribution in [2.24, 2.45) is 11.7 Å². The number of rotatable bonds is 4. The van der Waals surface area contributed by atoms with Gasteiger partial charge in [0.25, 0.3) is 5.69 Å². The number of carbonyl (C=O) groups excluding carboxylic acids is 1. The molecule has 6 heteroatoms. The highest BCUT2D eigenvalue weighted by Gasteiger charge is 2.21. The van der Waals surface area contributed by atoms with Crippen LogP contribution in [0.25, 0.3) is 0 Å². The van der Waals surface area contributed by atoms with E-state index in [4.69, 9.17) is 5.73 Å². The molecule has 0 radical (unpaired) electrons. The van der Waals surface area contributed by atoms with Gasteiger partial charge in [-0.1, -0.05) is 19.9 Å². The lowest BCUT2D eigenvalue weighted by Gasteiger charge is -2.15. The molecule has 6 nitrogen and oxygen atoms in total. The first-order chi connectivity index (χ1) is 8.32. The fourth-order valence-electron chi connectivity index (χ4n) is 1.42. The minimum atomic E-state index is -0.689. The Balaban J connectivity index is 2.98. The maximum atomic E-state index is 11.8. The normalized spacial score (nSPS) is 12.3. The van der Waals surface area contributed by atoms with Gasteiger partial charge in [-0.2, -0.15) is 0 Å². The maximum absolute atomic E-state index is 11.8. The summed E-state index contributed by atoms with van der Waals surface area (Å²) < 4.78 is 0. The number of amides is 1. The molecule has 1 rings (SSSR count). The smallest absolute Gasteiger partial charge is 0.293 e. The van der Waals surface area contributed by atoms with Crippen molar-refractivity contribution < 1.29 is 9.72 Å². The summed E-state index contributed by atoms with van der Waals surface area (Å²) in [6.07, 6.45) is 0. The Morgan fingerprint density at radius 1 is 1.44 bits per heavy atom. The molecule has 1 amide bonds. The zero-order chi connectivity index (χ0) is 13.9. The molecule has 0 saturated heterocycles. The van der Waals surface area contributed by atoms with E-state index < -0.39 is 16.9 Å². The quantitative estimate of drug-likeness (QED) is 0.630. The molecule has 0 unspecified atom stereocenters. The van der Waals surface area contributed by atoms with E-state index in [9.17, 15) is 14.9 Å². The molecule has 0 saturated carbocycles. The first kappa shape index (κ1) is 14.1. The molecule has 98 valence electrons. The number of anilines is 1. The molecule has 0 fully saturated rings. The number of nitro benzene ring substituents is 1. The van der Waals surface area contributed by atoms with E-state index in [0.29, 0.717) is 0 Å². The topological polar surface area (TPSA) is 98.3 Å². The molecule has 0 aliphatic carbocycles. The van der Waals surface area contributed by atoms with Crippen molar-refractivity contribution in [3.05, 3.63) is 33.9 Å². The third-order valence-corrected chi connectivity index (χ3v) is 2.63. The van der Waals surface area contributed by atoms with Crippen LogP contribution in [0.3, 0.4) is 0 Å². The van der Waals surface area contributed by atoms with E-state index in [-0.39, 0.29) is 17.3 Å². The highest BCUT2D eigenvalue weighted by molar-refractivity contribution is 5.96. The van der Waals surface area contributed by atoms with Crippen LogP contribution in [0.15, 0.2) is 18.2 Å². The molecule has 0 heterocycles. The van der Waals surface area contributed by atoms with Gasteiger partial charge in [0.05, 0.1) is 11.0 Å². The van der Waals surface area contributed by atoms with E-state index in [1.54, 1.807) is 13.0 Å². The third kappa shape index (κ3) is 3.27. The van der Waals surface area contributed by atoms with Crippen LogP contribution < -0.4 is 11.1 Å². The molecule has 0 bridgehead atoms. The van der Waals surface area contributed by atoms with Gasteiger partial charge >= 0.3 is 0 Å². The van der Waals surface area contributed by atoms with Crippen LogP contribution >= 0.6 is 0 Å². The van der Waals surface area contributed by atoms with Gasteiger partial charge in [-0.25, -0.2) is 0 Å². The van der Waals surface area contributed by atoms with E-state index in [1.807, 2.05) is 13.8 Å². The van der Waals surface area contributed by atoms with E-state index in [0.717, 1.165) is 5.56 Å². The van der Waals surface area contributed by atoms with Crippen LogP contribution in [-0.4, -0.2) is 16.9 Å². The van der Waals surface area contributed by atoms with Crippen LogP contribution in [-0.2, 0) is 4.79 Å². The highest BCUT2D eigenvalue weighted by Crippen LogP contribution is 2.25. The number of benzene rings is 1. The van der Waals surface area contributed by atoms with Crippen molar-refractivity contribution in [1.82, 2.24) is 0 Å². The molecule has 3 N–H and O–H groups in total. The lowest BCUT2D eigenvalue weighted by molar-refractivity contribution is -0.384. The lowest BCUT2D eigenvalue weighted by Crippen LogP contribution is -2.39. The van der Waals surface area contributed by atoms with Gasteiger partial charge < -0.3 is 11.1 Å². The zero-order valence-electron chi connectivity index (χ0n) is 10.6. The number of nitrogens with two attached hydrogens (primary N) is 1. The second-order valence-electron chi connectivity index (χ2n) is 4.54. The molecule has 1 atom stereocenters. The van der Waals surface area contributed by atoms with Crippen LogP contribution in [0.1, 0.15) is 19.4 Å². The number of hydrogen-bond donors (Lipinski definition) is 2. The molecule has 18 heavy (non-hydrogen) atoms. The lowest BCUT2D eigenvalue weighted by atomic mass is 10.0. The Kier molecular flexibility index (Phi) is 4.38. The Morgan fingerprint density at radius 2 is 2.06 bits per heavy atom. The fourth-order valence-corrected chi connectivity index (χ4v) is 1.42. The molecule has 1 aromatic carbocycles. The summed E-state index contributed by atoms with van der Waals surface area (Å²) in [7, 11) is 0. The first-order valence-electron chi connectivity index (χ1n) is 5.64. The molecule has 1 aromatic rings. The number of aryl methyl sites for hydroxylation is 1. The molecule has 0 spiro atoms. The monoisotopic (exact) mass is 251 g/mol. The highest BCUT2D eigenvalue weighted by atomic mass is 16.6. The maximum Gasteiger partial charge on any atom is 0.293 e. The van der Waals surface area contributed by atoms with Crippen LogP contribution in [0.5, 0.6) is 0 Å². The van der Waals surface area contributed by atoms with Crippen LogP contribution in [0, 0.1) is 23.0 Å². The Hall–Kier alpha value is -1.95. The first-order valence-corrected chi connectivity index (χ1v) is 5.64. The summed E-state index contributed by atoms with van der Waals surface area (Å²) in [5, 5.41) is 13.4. The molecule has 0 aromatic heterocycles. The molecular weight excluding hydrogens is 234 g/mol. The van der Waals surface area contributed by atoms with Crippen molar-refractivity contribution in [2.45, 2.75) is 26.8 Å². The molecule has 0 aliphatic heterocycles. The van der Waals surface area contributed by atoms with Gasteiger partial charge in [-0.3, -0.25) is 14.9 Å². The van der Waals surface area contributed by atoms with Crippen molar-refractivity contribution in [3.63, 3.8) is 0 Å². The van der Waals surface area contributed by atoms with Gasteiger partial charge in [0.2, 0.25) is 5.91 Å². The average molecular weight is 251 g/mol. The van der Waals surface area contributed by atoms with Crippen molar-refractivity contribution in [2.75, 3.05) is 5.32 Å². The predicted octanol–water partition coefficient (Wildman–Crippen LogP) is 1.83. The average Bonchev–Trinajstić information content (AvgIpc) is 2.29. The summed E-state index contributed by atoms with van der Waals surface area (Å²) in [5.74, 6) is -0.452. The number of nitrogens with one attached hydrogen (secondary N) is 1.